The number of nitrogens with zero attached hydrogens (tertiary/aromatic N) is 1. The van der Waals surface area contributed by atoms with Gasteiger partial charge in [-0.05, 0) is 30.2 Å². The van der Waals surface area contributed by atoms with Crippen LogP contribution < -0.4 is 20.8 Å². The van der Waals surface area contributed by atoms with Crippen LogP contribution in [0.25, 0.3) is 0 Å². The van der Waals surface area contributed by atoms with Crippen LogP contribution in [0.4, 0.5) is 18.9 Å². The van der Waals surface area contributed by atoms with Gasteiger partial charge in [-0.1, -0.05) is 38.1 Å². The first-order valence-electron chi connectivity index (χ1n) is 9.87. The van der Waals surface area contributed by atoms with Gasteiger partial charge in [0.2, 0.25) is 0 Å². The molecular formula is C22H23F3N4O4. The van der Waals surface area contributed by atoms with Crippen LogP contribution in [0.1, 0.15) is 25.0 Å². The van der Waals surface area contributed by atoms with Gasteiger partial charge in [-0.2, -0.15) is 18.3 Å². The van der Waals surface area contributed by atoms with Crippen LogP contribution >= 0.6 is 0 Å². The lowest BCUT2D eigenvalue weighted by molar-refractivity contribution is -0.139. The molecular weight excluding hydrogens is 441 g/mol. The summed E-state index contributed by atoms with van der Waals surface area (Å²) < 4.78 is 44.6. The minimum atomic E-state index is -4.62. The van der Waals surface area contributed by atoms with E-state index in [2.05, 4.69) is 21.2 Å². The molecule has 0 aliphatic rings. The van der Waals surface area contributed by atoms with E-state index in [1.807, 2.05) is 13.8 Å². The number of nitrogens with one attached hydrogen (secondary N) is 3. The molecule has 3 amide bonds. The van der Waals surface area contributed by atoms with E-state index in [0.29, 0.717) is 12.1 Å². The van der Waals surface area contributed by atoms with Gasteiger partial charge >= 0.3 is 18.0 Å². The van der Waals surface area contributed by atoms with Gasteiger partial charge in [0.15, 0.2) is 6.61 Å². The number of para-hydroxylation sites is 2. The van der Waals surface area contributed by atoms with Crippen molar-refractivity contribution in [3.8, 4) is 5.75 Å². The van der Waals surface area contributed by atoms with Crippen molar-refractivity contribution < 1.29 is 32.3 Å². The lowest BCUT2D eigenvalue weighted by Crippen LogP contribution is -2.39. The third-order valence-electron chi connectivity index (χ3n) is 4.03. The molecule has 11 heteroatoms. The fourth-order valence-corrected chi connectivity index (χ4v) is 2.48. The van der Waals surface area contributed by atoms with Crippen LogP contribution in [0.5, 0.6) is 5.75 Å². The molecule has 0 saturated heterocycles. The number of ether oxygens (including phenoxy) is 1. The Hall–Kier alpha value is -3.89. The molecule has 0 aromatic heterocycles. The maximum absolute atomic E-state index is 13.1. The van der Waals surface area contributed by atoms with Gasteiger partial charge in [-0.15, -0.1) is 0 Å². The van der Waals surface area contributed by atoms with Crippen molar-refractivity contribution in [3.63, 3.8) is 0 Å². The Kier molecular flexibility index (Phi) is 8.96. The zero-order chi connectivity index (χ0) is 24.4. The summed E-state index contributed by atoms with van der Waals surface area (Å²) in [5.74, 6) is -2.21. The summed E-state index contributed by atoms with van der Waals surface area (Å²) in [4.78, 5) is 35.5. The van der Waals surface area contributed by atoms with Gasteiger partial charge < -0.3 is 15.4 Å². The van der Waals surface area contributed by atoms with E-state index in [1.165, 1.54) is 24.4 Å². The molecule has 0 aliphatic heterocycles. The second-order valence-electron chi connectivity index (χ2n) is 7.22. The predicted molar refractivity (Wildman–Crippen MR) is 116 cm³/mol. The first-order chi connectivity index (χ1) is 15.6. The number of amides is 3. The van der Waals surface area contributed by atoms with Crippen molar-refractivity contribution in [2.45, 2.75) is 20.0 Å². The van der Waals surface area contributed by atoms with Crippen LogP contribution in [0.15, 0.2) is 53.6 Å². The highest BCUT2D eigenvalue weighted by Crippen LogP contribution is 2.34. The molecule has 2 rings (SSSR count). The first-order valence-corrected chi connectivity index (χ1v) is 9.87. The maximum atomic E-state index is 13.1. The van der Waals surface area contributed by atoms with Crippen molar-refractivity contribution >= 4 is 29.6 Å². The van der Waals surface area contributed by atoms with E-state index in [9.17, 15) is 27.6 Å². The third kappa shape index (κ3) is 8.28. The van der Waals surface area contributed by atoms with Crippen LogP contribution in [-0.4, -0.2) is 37.1 Å². The molecule has 0 spiro atoms. The molecule has 33 heavy (non-hydrogen) atoms. The summed E-state index contributed by atoms with van der Waals surface area (Å²) >= 11 is 0. The van der Waals surface area contributed by atoms with E-state index in [1.54, 1.807) is 18.2 Å². The number of alkyl halides is 3. The molecule has 8 nitrogen and oxygen atoms in total. The SMILES string of the molecule is CC(C)CNC(=O)C(=O)N/N=C\c1ccccc1OCC(=O)Nc1ccccc1C(F)(F)F. The summed E-state index contributed by atoms with van der Waals surface area (Å²) in [6.07, 6.45) is -3.41. The Morgan fingerprint density at radius 3 is 2.39 bits per heavy atom. The number of hydrogen-bond donors (Lipinski definition) is 3. The quantitative estimate of drug-likeness (QED) is 0.317. The standard InChI is InChI=1S/C22H23F3N4O4/c1-14(2)11-26-20(31)21(32)29-27-12-15-7-3-6-10-18(15)33-13-19(30)28-17-9-5-4-8-16(17)22(23,24)25/h3-10,12,14H,11,13H2,1-2H3,(H,26,31)(H,28,30)(H,29,32)/b27-12-. The number of benzene rings is 2. The molecule has 176 valence electrons. The van der Waals surface area contributed by atoms with E-state index < -0.39 is 36.1 Å². The molecule has 0 bridgehead atoms. The molecule has 0 radical (unpaired) electrons. The Morgan fingerprint density at radius 2 is 1.70 bits per heavy atom. The monoisotopic (exact) mass is 464 g/mol. The van der Waals surface area contributed by atoms with Gasteiger partial charge in [-0.3, -0.25) is 14.4 Å². The van der Waals surface area contributed by atoms with Crippen molar-refractivity contribution in [3.05, 3.63) is 59.7 Å². The number of anilines is 1. The summed E-state index contributed by atoms with van der Waals surface area (Å²) in [6.45, 7) is 3.52. The average Bonchev–Trinajstić information content (AvgIpc) is 2.76. The summed E-state index contributed by atoms with van der Waals surface area (Å²) in [7, 11) is 0. The van der Waals surface area contributed by atoms with Gasteiger partial charge in [0, 0.05) is 12.1 Å². The Bertz CT molecular complexity index is 1020. The van der Waals surface area contributed by atoms with Crippen molar-refractivity contribution in [2.75, 3.05) is 18.5 Å². The van der Waals surface area contributed by atoms with E-state index in [4.69, 9.17) is 4.74 Å². The average molecular weight is 464 g/mol. The number of carbonyl (C=O) groups is 3. The second kappa shape index (κ2) is 11.7. The molecule has 2 aromatic carbocycles. The van der Waals surface area contributed by atoms with Crippen LogP contribution in [0.2, 0.25) is 0 Å². The van der Waals surface area contributed by atoms with E-state index >= 15 is 0 Å². The van der Waals surface area contributed by atoms with Gasteiger partial charge in [0.25, 0.3) is 5.91 Å². The second-order valence-corrected chi connectivity index (χ2v) is 7.22. The molecule has 0 saturated carbocycles. The molecule has 2 aromatic rings. The summed E-state index contributed by atoms with van der Waals surface area (Å²) in [6, 6.07) is 10.9. The summed E-state index contributed by atoms with van der Waals surface area (Å²) in [5.41, 5.74) is 1.09. The first kappa shape index (κ1) is 25.4. The fraction of sp³-hybridized carbons (Fsp3) is 0.273. The lowest BCUT2D eigenvalue weighted by atomic mass is 10.1. The number of hydrogen-bond acceptors (Lipinski definition) is 5. The Labute approximate surface area is 188 Å². The molecule has 0 fully saturated rings. The fourth-order valence-electron chi connectivity index (χ4n) is 2.48. The zero-order valence-electron chi connectivity index (χ0n) is 17.9. The normalized spacial score (nSPS) is 11.3. The Balaban J connectivity index is 1.96. The number of carbonyl (C=O) groups excluding carboxylic acids is 3. The smallest absolute Gasteiger partial charge is 0.418 e. The van der Waals surface area contributed by atoms with Crippen molar-refractivity contribution in [1.29, 1.82) is 0 Å². The molecule has 3 N–H and O–H groups in total. The van der Waals surface area contributed by atoms with E-state index in [0.717, 1.165) is 12.1 Å². The number of halogens is 3. The molecule has 0 heterocycles. The highest BCUT2D eigenvalue weighted by Gasteiger charge is 2.33. The largest absolute Gasteiger partial charge is 0.483 e. The minimum absolute atomic E-state index is 0.174. The highest BCUT2D eigenvalue weighted by atomic mass is 19.4. The topological polar surface area (TPSA) is 109 Å². The van der Waals surface area contributed by atoms with Crippen LogP contribution in [-0.2, 0) is 20.6 Å². The maximum Gasteiger partial charge on any atom is 0.418 e. The predicted octanol–water partition coefficient (Wildman–Crippen LogP) is 2.95. The molecule has 0 atom stereocenters. The molecule has 0 unspecified atom stereocenters. The number of hydrazone groups is 1. The van der Waals surface area contributed by atoms with Crippen molar-refractivity contribution in [2.24, 2.45) is 11.0 Å². The van der Waals surface area contributed by atoms with Crippen molar-refractivity contribution in [1.82, 2.24) is 10.7 Å². The minimum Gasteiger partial charge on any atom is -0.483 e. The van der Waals surface area contributed by atoms with Gasteiger partial charge in [0.05, 0.1) is 17.5 Å². The Morgan fingerprint density at radius 1 is 1.03 bits per heavy atom. The lowest BCUT2D eigenvalue weighted by Gasteiger charge is -2.14. The molecule has 0 aliphatic carbocycles. The zero-order valence-corrected chi connectivity index (χ0v) is 17.9. The van der Waals surface area contributed by atoms with Gasteiger partial charge in [0.1, 0.15) is 5.75 Å². The number of rotatable bonds is 8. The van der Waals surface area contributed by atoms with Gasteiger partial charge in [-0.25, -0.2) is 5.43 Å². The van der Waals surface area contributed by atoms with Crippen LogP contribution in [0.3, 0.4) is 0 Å². The highest BCUT2D eigenvalue weighted by molar-refractivity contribution is 6.35. The third-order valence-corrected chi connectivity index (χ3v) is 4.03. The summed E-state index contributed by atoms with van der Waals surface area (Å²) in [5, 5.41) is 8.31. The van der Waals surface area contributed by atoms with E-state index in [-0.39, 0.29) is 17.4 Å². The van der Waals surface area contributed by atoms with Crippen LogP contribution in [0, 0.1) is 5.92 Å².